The lowest BCUT2D eigenvalue weighted by atomic mass is 10.1. The minimum Gasteiger partial charge on any atom is -0.455 e. The van der Waals surface area contributed by atoms with Gasteiger partial charge in [0.1, 0.15) is 11.7 Å². The summed E-state index contributed by atoms with van der Waals surface area (Å²) in [7, 11) is 0. The van der Waals surface area contributed by atoms with Crippen LogP contribution in [0.25, 0.3) is 0 Å². The Labute approximate surface area is 163 Å². The summed E-state index contributed by atoms with van der Waals surface area (Å²) in [6, 6.07) is 14.1. The Kier molecular flexibility index (Phi) is 6.14. The van der Waals surface area contributed by atoms with Crippen molar-refractivity contribution in [2.24, 2.45) is 0 Å². The molecule has 0 saturated carbocycles. The Hall–Kier alpha value is -2.37. The summed E-state index contributed by atoms with van der Waals surface area (Å²) in [6.45, 7) is 3.94. The van der Waals surface area contributed by atoms with E-state index in [0.29, 0.717) is 11.1 Å². The largest absolute Gasteiger partial charge is 0.455 e. The lowest BCUT2D eigenvalue weighted by Crippen LogP contribution is -2.45. The molecule has 5 nitrogen and oxygen atoms in total. The van der Waals surface area contributed by atoms with E-state index in [0.717, 1.165) is 11.1 Å². The van der Waals surface area contributed by atoms with Crippen LogP contribution in [0.3, 0.4) is 0 Å². The van der Waals surface area contributed by atoms with Gasteiger partial charge in [-0.3, -0.25) is 0 Å². The van der Waals surface area contributed by atoms with Crippen LogP contribution >= 0.6 is 11.6 Å². The highest BCUT2D eigenvalue weighted by Crippen LogP contribution is 2.24. The molecule has 0 bridgehead atoms. The molecule has 0 spiro atoms. The topological polar surface area (TPSA) is 61.8 Å². The van der Waals surface area contributed by atoms with Crippen molar-refractivity contribution in [1.82, 2.24) is 0 Å². The number of benzene rings is 2. The first-order chi connectivity index (χ1) is 12.9. The van der Waals surface area contributed by atoms with Gasteiger partial charge < -0.3 is 14.2 Å². The molecule has 6 heteroatoms. The van der Waals surface area contributed by atoms with E-state index < -0.39 is 29.7 Å². The highest BCUT2D eigenvalue weighted by Gasteiger charge is 2.36. The van der Waals surface area contributed by atoms with Crippen molar-refractivity contribution < 1.29 is 23.8 Å². The maximum atomic E-state index is 12.4. The molecule has 1 fully saturated rings. The monoisotopic (exact) mass is 388 g/mol. The van der Waals surface area contributed by atoms with E-state index in [4.69, 9.17) is 25.8 Å². The van der Waals surface area contributed by atoms with Gasteiger partial charge in [0, 0.05) is 6.42 Å². The van der Waals surface area contributed by atoms with Crippen LogP contribution in [0.15, 0.2) is 48.5 Å². The number of hydrogen-bond donors (Lipinski definition) is 0. The molecule has 1 aliphatic rings. The Morgan fingerprint density at radius 2 is 1.30 bits per heavy atom. The fourth-order valence-electron chi connectivity index (χ4n) is 2.73. The van der Waals surface area contributed by atoms with Gasteiger partial charge in [0.2, 0.25) is 0 Å². The van der Waals surface area contributed by atoms with Crippen LogP contribution in [0, 0.1) is 13.8 Å². The molecule has 2 aromatic carbocycles. The zero-order valence-corrected chi connectivity index (χ0v) is 15.9. The van der Waals surface area contributed by atoms with Crippen molar-refractivity contribution in [1.29, 1.82) is 0 Å². The van der Waals surface area contributed by atoms with Crippen molar-refractivity contribution in [2.75, 3.05) is 6.61 Å². The van der Waals surface area contributed by atoms with Crippen LogP contribution in [0.2, 0.25) is 0 Å². The van der Waals surface area contributed by atoms with Gasteiger partial charge in [0.15, 0.2) is 6.10 Å². The third-order valence-corrected chi connectivity index (χ3v) is 4.67. The van der Waals surface area contributed by atoms with Gasteiger partial charge in [0.25, 0.3) is 0 Å². The molecule has 3 atom stereocenters. The first-order valence-corrected chi connectivity index (χ1v) is 9.17. The fourth-order valence-corrected chi connectivity index (χ4v) is 2.98. The van der Waals surface area contributed by atoms with Gasteiger partial charge >= 0.3 is 11.9 Å². The second-order valence-electron chi connectivity index (χ2n) is 6.60. The summed E-state index contributed by atoms with van der Waals surface area (Å²) in [4.78, 5) is 24.8. The Morgan fingerprint density at radius 1 is 0.852 bits per heavy atom. The van der Waals surface area contributed by atoms with Gasteiger partial charge in [-0.25, -0.2) is 9.59 Å². The molecule has 1 saturated heterocycles. The van der Waals surface area contributed by atoms with Gasteiger partial charge in [0.05, 0.1) is 17.7 Å². The maximum Gasteiger partial charge on any atom is 0.338 e. The van der Waals surface area contributed by atoms with Gasteiger partial charge in [-0.1, -0.05) is 47.0 Å². The summed E-state index contributed by atoms with van der Waals surface area (Å²) in [5.74, 6) is -0.977. The highest BCUT2D eigenvalue weighted by atomic mass is 35.5. The van der Waals surface area contributed by atoms with Crippen LogP contribution in [-0.4, -0.2) is 36.3 Å². The molecular formula is C21H21ClO5. The van der Waals surface area contributed by atoms with E-state index in [1.54, 1.807) is 24.3 Å². The first kappa shape index (κ1) is 19.4. The number of esters is 2. The zero-order chi connectivity index (χ0) is 19.4. The fraction of sp³-hybridized carbons (Fsp3) is 0.333. The third kappa shape index (κ3) is 5.08. The number of halogens is 1. The molecular weight excluding hydrogens is 368 g/mol. The maximum absolute atomic E-state index is 12.4. The van der Waals surface area contributed by atoms with Gasteiger partial charge in [-0.2, -0.15) is 0 Å². The third-order valence-electron chi connectivity index (χ3n) is 4.36. The Balaban J connectivity index is 1.69. The average Bonchev–Trinajstić information content (AvgIpc) is 2.65. The summed E-state index contributed by atoms with van der Waals surface area (Å²) in [5, 5.41) is 0. The van der Waals surface area contributed by atoms with Crippen molar-refractivity contribution in [2.45, 2.75) is 38.0 Å². The summed E-state index contributed by atoms with van der Waals surface area (Å²) in [5.41, 5.74) is 2.35. The molecule has 27 heavy (non-hydrogen) atoms. The van der Waals surface area contributed by atoms with Gasteiger partial charge in [-0.05, 0) is 38.1 Å². The molecule has 0 aromatic heterocycles. The number of carbonyl (C=O) groups is 2. The Morgan fingerprint density at radius 3 is 1.78 bits per heavy atom. The summed E-state index contributed by atoms with van der Waals surface area (Å²) in [6.07, 6.45) is -1.15. The van der Waals surface area contributed by atoms with E-state index in [2.05, 4.69) is 0 Å². The molecule has 3 unspecified atom stereocenters. The van der Waals surface area contributed by atoms with E-state index >= 15 is 0 Å². The number of hydrogen-bond acceptors (Lipinski definition) is 5. The predicted molar refractivity (Wildman–Crippen MR) is 101 cm³/mol. The second kappa shape index (κ2) is 8.55. The SMILES string of the molecule is Cc1ccc(C(=O)OC2COC(Cl)CC2OC(=O)c2ccc(C)cc2)cc1. The molecule has 2 aromatic rings. The Bertz CT molecular complexity index is 800. The first-order valence-electron chi connectivity index (χ1n) is 8.73. The lowest BCUT2D eigenvalue weighted by Gasteiger charge is -2.33. The quantitative estimate of drug-likeness (QED) is 0.584. The molecule has 0 N–H and O–H groups in total. The lowest BCUT2D eigenvalue weighted by molar-refractivity contribution is -0.110. The number of alkyl halides is 1. The predicted octanol–water partition coefficient (Wildman–Crippen LogP) is 4.04. The molecule has 0 radical (unpaired) electrons. The van der Waals surface area contributed by atoms with E-state index in [1.165, 1.54) is 0 Å². The number of rotatable bonds is 4. The molecule has 0 aliphatic carbocycles. The average molecular weight is 389 g/mol. The molecule has 142 valence electrons. The van der Waals surface area contributed by atoms with Crippen LogP contribution < -0.4 is 0 Å². The van der Waals surface area contributed by atoms with Crippen molar-refractivity contribution >= 4 is 23.5 Å². The van der Waals surface area contributed by atoms with E-state index in [-0.39, 0.29) is 13.0 Å². The van der Waals surface area contributed by atoms with Crippen LogP contribution in [0.4, 0.5) is 0 Å². The second-order valence-corrected chi connectivity index (χ2v) is 7.09. The molecule has 1 heterocycles. The smallest absolute Gasteiger partial charge is 0.338 e. The summed E-state index contributed by atoms with van der Waals surface area (Å²) < 4.78 is 16.5. The standard InChI is InChI=1S/C21H21ClO5/c1-13-3-7-15(8-4-13)20(23)26-17-11-19(22)25-12-18(17)27-21(24)16-9-5-14(2)6-10-16/h3-10,17-19H,11-12H2,1-2H3. The minimum absolute atomic E-state index is 0.0671. The number of carbonyl (C=O) groups excluding carboxylic acids is 2. The van der Waals surface area contributed by atoms with Crippen molar-refractivity contribution in [3.05, 3.63) is 70.8 Å². The van der Waals surface area contributed by atoms with Gasteiger partial charge in [-0.15, -0.1) is 0 Å². The normalized spacial score (nSPS) is 22.1. The number of ether oxygens (including phenoxy) is 3. The van der Waals surface area contributed by atoms with E-state index in [9.17, 15) is 9.59 Å². The van der Waals surface area contributed by atoms with Crippen LogP contribution in [0.1, 0.15) is 38.3 Å². The van der Waals surface area contributed by atoms with E-state index in [1.807, 2.05) is 38.1 Å². The van der Waals surface area contributed by atoms with Crippen molar-refractivity contribution in [3.63, 3.8) is 0 Å². The summed E-state index contributed by atoms with van der Waals surface area (Å²) >= 11 is 6.04. The molecule has 3 rings (SSSR count). The van der Waals surface area contributed by atoms with Crippen LogP contribution in [-0.2, 0) is 14.2 Å². The zero-order valence-electron chi connectivity index (χ0n) is 15.2. The highest BCUT2D eigenvalue weighted by molar-refractivity contribution is 6.19. The minimum atomic E-state index is -0.719. The number of aryl methyl sites for hydroxylation is 2. The molecule has 1 aliphatic heterocycles. The molecule has 0 amide bonds. The van der Waals surface area contributed by atoms with Crippen molar-refractivity contribution in [3.8, 4) is 0 Å². The van der Waals surface area contributed by atoms with Crippen LogP contribution in [0.5, 0.6) is 0 Å².